The summed E-state index contributed by atoms with van der Waals surface area (Å²) in [6.45, 7) is 5.59. The van der Waals surface area contributed by atoms with Crippen LogP contribution in [-0.4, -0.2) is 49.8 Å². The quantitative estimate of drug-likeness (QED) is 0.809. The lowest BCUT2D eigenvalue weighted by Crippen LogP contribution is -2.42. The van der Waals surface area contributed by atoms with Crippen molar-refractivity contribution in [3.63, 3.8) is 0 Å². The monoisotopic (exact) mass is 238 g/mol. The summed E-state index contributed by atoms with van der Waals surface area (Å²) in [5.41, 5.74) is 0. The number of likely N-dealkylation sites (tertiary alicyclic amines) is 1. The van der Waals surface area contributed by atoms with E-state index in [0.717, 1.165) is 31.7 Å². The van der Waals surface area contributed by atoms with Gasteiger partial charge in [0.1, 0.15) is 0 Å². The number of hydrogen-bond acceptors (Lipinski definition) is 3. The van der Waals surface area contributed by atoms with Gasteiger partial charge >= 0.3 is 0 Å². The molecule has 2 aliphatic heterocycles. The molecule has 98 valence electrons. The van der Waals surface area contributed by atoms with Crippen molar-refractivity contribution in [2.24, 2.45) is 5.92 Å². The SMILES string of the molecule is C1CCC2C(C1)CCN2CCC1CNCCO1. The van der Waals surface area contributed by atoms with Crippen LogP contribution in [0.15, 0.2) is 0 Å². The summed E-state index contributed by atoms with van der Waals surface area (Å²) in [6.07, 6.45) is 9.01. The molecule has 3 unspecified atom stereocenters. The Balaban J connectivity index is 1.45. The van der Waals surface area contributed by atoms with Gasteiger partial charge in [-0.25, -0.2) is 0 Å². The summed E-state index contributed by atoms with van der Waals surface area (Å²) in [6, 6.07) is 0.917. The second kappa shape index (κ2) is 5.68. The van der Waals surface area contributed by atoms with Crippen LogP contribution in [0.4, 0.5) is 0 Å². The number of fused-ring (bicyclic) bond motifs is 1. The molecule has 0 bridgehead atoms. The van der Waals surface area contributed by atoms with Gasteiger partial charge in [-0.3, -0.25) is 0 Å². The molecule has 1 aliphatic carbocycles. The van der Waals surface area contributed by atoms with E-state index in [1.54, 1.807) is 0 Å². The Hall–Kier alpha value is -0.120. The molecule has 2 saturated heterocycles. The van der Waals surface area contributed by atoms with Gasteiger partial charge in [0.05, 0.1) is 12.7 Å². The fraction of sp³-hybridized carbons (Fsp3) is 1.00. The van der Waals surface area contributed by atoms with E-state index in [0.29, 0.717) is 6.10 Å². The van der Waals surface area contributed by atoms with Gasteiger partial charge in [-0.05, 0) is 38.1 Å². The normalized spacial score (nSPS) is 39.2. The summed E-state index contributed by atoms with van der Waals surface area (Å²) in [5.74, 6) is 1.02. The number of nitrogens with zero attached hydrogens (tertiary/aromatic N) is 1. The molecule has 0 aromatic rings. The molecule has 17 heavy (non-hydrogen) atoms. The molecule has 3 atom stereocenters. The predicted molar refractivity (Wildman–Crippen MR) is 69.2 cm³/mol. The standard InChI is InChI=1S/C14H26N2O/c1-2-4-14-12(3-1)5-8-16(14)9-6-13-11-15-7-10-17-13/h12-15H,1-11H2. The van der Waals surface area contributed by atoms with Crippen molar-refractivity contribution in [1.29, 1.82) is 0 Å². The van der Waals surface area contributed by atoms with Crippen molar-refractivity contribution >= 4 is 0 Å². The van der Waals surface area contributed by atoms with E-state index >= 15 is 0 Å². The van der Waals surface area contributed by atoms with Crippen LogP contribution in [0.2, 0.25) is 0 Å². The van der Waals surface area contributed by atoms with Crippen molar-refractivity contribution in [2.75, 3.05) is 32.8 Å². The third-order valence-electron chi connectivity index (χ3n) is 4.87. The largest absolute Gasteiger partial charge is 0.376 e. The molecule has 1 N–H and O–H groups in total. The highest BCUT2D eigenvalue weighted by molar-refractivity contribution is 4.90. The molecule has 2 heterocycles. The average Bonchev–Trinajstić information content (AvgIpc) is 2.81. The maximum absolute atomic E-state index is 5.78. The lowest BCUT2D eigenvalue weighted by molar-refractivity contribution is 0.0152. The molecule has 3 nitrogen and oxygen atoms in total. The van der Waals surface area contributed by atoms with E-state index in [-0.39, 0.29) is 0 Å². The van der Waals surface area contributed by atoms with E-state index < -0.39 is 0 Å². The van der Waals surface area contributed by atoms with E-state index in [1.807, 2.05) is 0 Å². The van der Waals surface area contributed by atoms with Crippen LogP contribution in [0.3, 0.4) is 0 Å². The molecular weight excluding hydrogens is 212 g/mol. The second-order valence-electron chi connectivity index (χ2n) is 5.92. The Labute approximate surface area is 105 Å². The van der Waals surface area contributed by atoms with Gasteiger partial charge in [0.25, 0.3) is 0 Å². The minimum Gasteiger partial charge on any atom is -0.376 e. The summed E-state index contributed by atoms with van der Waals surface area (Å²) < 4.78 is 5.78. The lowest BCUT2D eigenvalue weighted by atomic mass is 9.85. The Bertz CT molecular complexity index is 240. The molecular formula is C14H26N2O. The van der Waals surface area contributed by atoms with E-state index in [4.69, 9.17) is 4.74 Å². The zero-order valence-corrected chi connectivity index (χ0v) is 10.9. The van der Waals surface area contributed by atoms with Gasteiger partial charge in [0.15, 0.2) is 0 Å². The Morgan fingerprint density at radius 3 is 3.00 bits per heavy atom. The summed E-state index contributed by atoms with van der Waals surface area (Å²) in [5, 5.41) is 3.42. The molecule has 3 heteroatoms. The van der Waals surface area contributed by atoms with Gasteiger partial charge in [-0.15, -0.1) is 0 Å². The summed E-state index contributed by atoms with van der Waals surface area (Å²) >= 11 is 0. The molecule has 0 aromatic heterocycles. The third kappa shape index (κ3) is 2.83. The van der Waals surface area contributed by atoms with Crippen LogP contribution >= 0.6 is 0 Å². The van der Waals surface area contributed by atoms with Gasteiger partial charge in [-0.2, -0.15) is 0 Å². The van der Waals surface area contributed by atoms with Crippen LogP contribution < -0.4 is 5.32 Å². The van der Waals surface area contributed by atoms with Crippen molar-refractivity contribution < 1.29 is 4.74 Å². The number of morpholine rings is 1. The number of ether oxygens (including phenoxy) is 1. The zero-order valence-electron chi connectivity index (χ0n) is 10.9. The van der Waals surface area contributed by atoms with E-state index in [1.165, 1.54) is 51.6 Å². The van der Waals surface area contributed by atoms with Gasteiger partial charge in [-0.1, -0.05) is 12.8 Å². The highest BCUT2D eigenvalue weighted by Gasteiger charge is 2.35. The molecule has 3 aliphatic rings. The predicted octanol–water partition coefficient (Wildman–Crippen LogP) is 1.63. The maximum atomic E-state index is 5.78. The van der Waals surface area contributed by atoms with E-state index in [9.17, 15) is 0 Å². The van der Waals surface area contributed by atoms with Crippen molar-refractivity contribution in [3.05, 3.63) is 0 Å². The van der Waals surface area contributed by atoms with Crippen LogP contribution in [0.1, 0.15) is 38.5 Å². The van der Waals surface area contributed by atoms with Crippen molar-refractivity contribution in [3.8, 4) is 0 Å². The Morgan fingerprint density at radius 2 is 2.12 bits per heavy atom. The smallest absolute Gasteiger partial charge is 0.0712 e. The van der Waals surface area contributed by atoms with Crippen LogP contribution in [0.5, 0.6) is 0 Å². The van der Waals surface area contributed by atoms with Crippen LogP contribution in [0.25, 0.3) is 0 Å². The summed E-state index contributed by atoms with van der Waals surface area (Å²) in [4.78, 5) is 2.75. The van der Waals surface area contributed by atoms with Crippen molar-refractivity contribution in [2.45, 2.75) is 50.7 Å². The first-order valence-corrected chi connectivity index (χ1v) is 7.50. The van der Waals surface area contributed by atoms with E-state index in [2.05, 4.69) is 10.2 Å². The fourth-order valence-corrected chi connectivity index (χ4v) is 3.90. The van der Waals surface area contributed by atoms with Crippen LogP contribution in [-0.2, 0) is 4.74 Å². The van der Waals surface area contributed by atoms with Crippen LogP contribution in [0, 0.1) is 5.92 Å². The van der Waals surface area contributed by atoms with Crippen molar-refractivity contribution in [1.82, 2.24) is 10.2 Å². The van der Waals surface area contributed by atoms with Gasteiger partial charge in [0, 0.05) is 25.7 Å². The second-order valence-corrected chi connectivity index (χ2v) is 5.92. The molecule has 0 radical (unpaired) electrons. The Kier molecular flexibility index (Phi) is 3.99. The first kappa shape index (κ1) is 11.9. The van der Waals surface area contributed by atoms with Gasteiger partial charge < -0.3 is 15.0 Å². The highest BCUT2D eigenvalue weighted by Crippen LogP contribution is 2.36. The molecule has 1 saturated carbocycles. The number of nitrogens with one attached hydrogen (secondary N) is 1. The topological polar surface area (TPSA) is 24.5 Å². The first-order chi connectivity index (χ1) is 8.43. The Morgan fingerprint density at radius 1 is 1.18 bits per heavy atom. The first-order valence-electron chi connectivity index (χ1n) is 7.50. The number of hydrogen-bond donors (Lipinski definition) is 1. The molecule has 0 aromatic carbocycles. The average molecular weight is 238 g/mol. The highest BCUT2D eigenvalue weighted by atomic mass is 16.5. The lowest BCUT2D eigenvalue weighted by Gasteiger charge is -2.33. The third-order valence-corrected chi connectivity index (χ3v) is 4.87. The molecule has 0 amide bonds. The minimum atomic E-state index is 0.464. The molecule has 0 spiro atoms. The summed E-state index contributed by atoms with van der Waals surface area (Å²) in [7, 11) is 0. The fourth-order valence-electron chi connectivity index (χ4n) is 3.90. The number of rotatable bonds is 3. The maximum Gasteiger partial charge on any atom is 0.0712 e. The zero-order chi connectivity index (χ0) is 11.5. The molecule has 3 fully saturated rings. The minimum absolute atomic E-state index is 0.464. The molecule has 3 rings (SSSR count). The van der Waals surface area contributed by atoms with Gasteiger partial charge in [0.2, 0.25) is 0 Å².